The summed E-state index contributed by atoms with van der Waals surface area (Å²) < 4.78 is -0.421. The van der Waals surface area contributed by atoms with Gasteiger partial charge in [0.1, 0.15) is 0 Å². The number of ketones is 1. The van der Waals surface area contributed by atoms with Gasteiger partial charge in [0.05, 0.1) is 13.9 Å². The van der Waals surface area contributed by atoms with E-state index in [9.17, 15) is 9.59 Å². The second kappa shape index (κ2) is 2.84. The Bertz CT molecular complexity index is 318. The minimum Gasteiger partial charge on any atom is -0.332 e. The number of likely N-dealkylation sites (tertiary alicyclic amines) is 1. The van der Waals surface area contributed by atoms with Crippen molar-refractivity contribution in [1.29, 1.82) is 0 Å². The number of halogens is 1. The number of piperidine rings is 1. The van der Waals surface area contributed by atoms with Crippen LogP contribution in [0.4, 0.5) is 0 Å². The Morgan fingerprint density at radius 1 is 1.50 bits per heavy atom. The lowest BCUT2D eigenvalue weighted by Gasteiger charge is -2.27. The Labute approximate surface area is 92.7 Å². The summed E-state index contributed by atoms with van der Waals surface area (Å²) in [5, 5.41) is 0. The van der Waals surface area contributed by atoms with Crippen LogP contribution in [-0.4, -0.2) is 41.2 Å². The number of amides is 1. The first kappa shape index (κ1) is 10.2. The van der Waals surface area contributed by atoms with Crippen molar-refractivity contribution in [2.75, 3.05) is 6.54 Å². The molecule has 1 aliphatic heterocycles. The highest BCUT2D eigenvalue weighted by atomic mass is 79.9. The number of hydrogen-bond acceptors (Lipinski definition) is 2. The lowest BCUT2D eigenvalue weighted by Crippen LogP contribution is -2.44. The maximum absolute atomic E-state index is 11.4. The number of carbonyl (C=O) groups excluding carboxylic acids is 2. The average molecular weight is 256 g/mol. The van der Waals surface area contributed by atoms with Gasteiger partial charge in [-0.3, -0.25) is 9.59 Å². The maximum atomic E-state index is 11.4. The minimum atomic E-state index is -0.421. The molecule has 0 spiro atoms. The molecule has 0 aromatic heterocycles. The zero-order chi connectivity index (χ0) is 10.7. The van der Waals surface area contributed by atoms with E-state index in [0.29, 0.717) is 6.54 Å². The van der Waals surface area contributed by atoms with E-state index in [4.69, 9.17) is 7.85 Å². The van der Waals surface area contributed by atoms with Gasteiger partial charge in [-0.2, -0.15) is 0 Å². The normalized spacial score (nSPS) is 44.8. The molecule has 1 saturated heterocycles. The van der Waals surface area contributed by atoms with Crippen molar-refractivity contribution in [3.63, 3.8) is 0 Å². The first-order chi connectivity index (χ1) is 6.37. The van der Waals surface area contributed by atoms with Crippen molar-refractivity contribution >= 4 is 35.5 Å². The van der Waals surface area contributed by atoms with E-state index >= 15 is 0 Å². The fourth-order valence-corrected chi connectivity index (χ4v) is 3.37. The van der Waals surface area contributed by atoms with Crippen LogP contribution in [0.2, 0.25) is 0 Å². The van der Waals surface area contributed by atoms with E-state index in [1.165, 1.54) is 13.8 Å². The Morgan fingerprint density at radius 2 is 2.07 bits per heavy atom. The summed E-state index contributed by atoms with van der Waals surface area (Å²) in [5.74, 6) is 0.323. The second-order valence-corrected chi connectivity index (χ2v) is 5.56. The molecule has 3 nitrogen and oxygen atoms in total. The molecule has 1 saturated carbocycles. The van der Waals surface area contributed by atoms with Crippen LogP contribution in [-0.2, 0) is 9.59 Å². The number of Topliss-reactive ketones (excluding diaryl/α,β-unsaturated/α-hetero) is 1. The Hall–Kier alpha value is -0.315. The molecule has 1 heterocycles. The van der Waals surface area contributed by atoms with Gasteiger partial charge >= 0.3 is 0 Å². The number of alkyl halides is 1. The molecule has 14 heavy (non-hydrogen) atoms. The molecule has 1 aliphatic carbocycles. The summed E-state index contributed by atoms with van der Waals surface area (Å²) in [5.41, 5.74) is 0. The van der Waals surface area contributed by atoms with Gasteiger partial charge in [-0.15, -0.1) is 0 Å². The third-order valence-electron chi connectivity index (χ3n) is 3.29. The number of rotatable bonds is 1. The van der Waals surface area contributed by atoms with Gasteiger partial charge in [-0.05, 0) is 23.0 Å². The van der Waals surface area contributed by atoms with Crippen LogP contribution in [0.25, 0.3) is 0 Å². The molecule has 4 atom stereocenters. The lowest BCUT2D eigenvalue weighted by atomic mass is 9.93. The first-order valence-electron chi connectivity index (χ1n) is 4.62. The quantitative estimate of drug-likeness (QED) is 0.500. The number of nitrogens with zero attached hydrogens (tertiary/aromatic N) is 1. The van der Waals surface area contributed by atoms with E-state index in [1.807, 2.05) is 0 Å². The molecule has 0 aromatic carbocycles. The molecule has 0 aromatic rings. The van der Waals surface area contributed by atoms with E-state index in [0.717, 1.165) is 0 Å². The van der Waals surface area contributed by atoms with Crippen LogP contribution in [0.5, 0.6) is 0 Å². The molecule has 2 radical (unpaired) electrons. The van der Waals surface area contributed by atoms with Crippen LogP contribution in [0, 0.1) is 11.8 Å². The molecule has 1 amide bonds. The van der Waals surface area contributed by atoms with Crippen molar-refractivity contribution in [3.05, 3.63) is 0 Å². The van der Waals surface area contributed by atoms with Gasteiger partial charge < -0.3 is 4.90 Å². The predicted molar refractivity (Wildman–Crippen MR) is 56.2 cm³/mol. The standard InChI is InChI=1S/C9H11BBrNO2/c1-4(13)8-7-6(9(7,10)11)3-12(8)5(2)14/h6-8H,3H2,1-2H3/t6-,7-,8+,9?/m0/s1. The van der Waals surface area contributed by atoms with Crippen molar-refractivity contribution in [2.24, 2.45) is 11.8 Å². The Morgan fingerprint density at radius 3 is 2.50 bits per heavy atom. The van der Waals surface area contributed by atoms with Crippen molar-refractivity contribution < 1.29 is 9.59 Å². The van der Waals surface area contributed by atoms with Crippen LogP contribution < -0.4 is 0 Å². The number of fused-ring (bicyclic) bond motifs is 1. The van der Waals surface area contributed by atoms with Crippen LogP contribution in [0.15, 0.2) is 0 Å². The van der Waals surface area contributed by atoms with E-state index in [1.54, 1.807) is 4.90 Å². The summed E-state index contributed by atoms with van der Waals surface area (Å²) in [7, 11) is 5.93. The zero-order valence-electron chi connectivity index (χ0n) is 8.16. The molecular formula is C9H11BBrNO2. The lowest BCUT2D eigenvalue weighted by molar-refractivity contribution is -0.136. The minimum absolute atomic E-state index is 0.0273. The summed E-state index contributed by atoms with van der Waals surface area (Å²) in [6.07, 6.45) is 0. The zero-order valence-corrected chi connectivity index (χ0v) is 9.74. The molecule has 74 valence electrons. The van der Waals surface area contributed by atoms with E-state index in [-0.39, 0.29) is 29.6 Å². The van der Waals surface area contributed by atoms with Gasteiger partial charge in [-0.25, -0.2) is 0 Å². The highest BCUT2D eigenvalue weighted by Crippen LogP contribution is 2.61. The highest BCUT2D eigenvalue weighted by Gasteiger charge is 2.69. The third-order valence-corrected chi connectivity index (χ3v) is 4.41. The molecule has 5 heteroatoms. The topological polar surface area (TPSA) is 37.4 Å². The number of hydrogen-bond donors (Lipinski definition) is 0. The van der Waals surface area contributed by atoms with E-state index in [2.05, 4.69) is 15.9 Å². The summed E-state index contributed by atoms with van der Waals surface area (Å²) in [4.78, 5) is 24.3. The van der Waals surface area contributed by atoms with Gasteiger partial charge in [0.15, 0.2) is 5.78 Å². The van der Waals surface area contributed by atoms with Crippen molar-refractivity contribution in [3.8, 4) is 0 Å². The molecule has 1 unspecified atom stereocenters. The van der Waals surface area contributed by atoms with Gasteiger partial charge in [-0.1, -0.05) is 15.9 Å². The fourth-order valence-electron chi connectivity index (χ4n) is 2.51. The molecule has 0 bridgehead atoms. The summed E-state index contributed by atoms with van der Waals surface area (Å²) >= 11 is 3.40. The van der Waals surface area contributed by atoms with Crippen LogP contribution >= 0.6 is 15.9 Å². The smallest absolute Gasteiger partial charge is 0.220 e. The molecule has 2 aliphatic rings. The van der Waals surface area contributed by atoms with E-state index < -0.39 is 4.22 Å². The average Bonchev–Trinajstić information content (AvgIpc) is 2.47. The second-order valence-electron chi connectivity index (χ2n) is 4.19. The SMILES string of the molecule is [B]C1(Br)[C@@H]2[C@@H](C(C)=O)N(C(C)=O)C[C@@H]21. The largest absolute Gasteiger partial charge is 0.332 e. The Balaban J connectivity index is 2.23. The first-order valence-corrected chi connectivity index (χ1v) is 5.42. The van der Waals surface area contributed by atoms with Gasteiger partial charge in [0, 0.05) is 13.5 Å². The fraction of sp³-hybridized carbons (Fsp3) is 0.778. The van der Waals surface area contributed by atoms with Gasteiger partial charge in [0.25, 0.3) is 0 Å². The monoisotopic (exact) mass is 255 g/mol. The van der Waals surface area contributed by atoms with Crippen molar-refractivity contribution in [2.45, 2.75) is 24.1 Å². The van der Waals surface area contributed by atoms with Crippen molar-refractivity contribution in [1.82, 2.24) is 4.90 Å². The highest BCUT2D eigenvalue weighted by molar-refractivity contribution is 9.10. The van der Waals surface area contributed by atoms with Crippen LogP contribution in [0.3, 0.4) is 0 Å². The molecular weight excluding hydrogens is 245 g/mol. The molecule has 2 rings (SSSR count). The molecule has 2 fully saturated rings. The van der Waals surface area contributed by atoms with Gasteiger partial charge in [0.2, 0.25) is 5.91 Å². The number of carbonyl (C=O) groups is 2. The third kappa shape index (κ3) is 1.18. The summed E-state index contributed by atoms with van der Waals surface area (Å²) in [6.45, 7) is 3.61. The maximum Gasteiger partial charge on any atom is 0.220 e. The summed E-state index contributed by atoms with van der Waals surface area (Å²) in [6, 6.07) is -0.318. The molecule has 0 N–H and O–H groups in total. The van der Waals surface area contributed by atoms with Crippen LogP contribution in [0.1, 0.15) is 13.8 Å². The predicted octanol–water partition coefficient (Wildman–Crippen LogP) is 0.312. The Kier molecular flexibility index (Phi) is 2.07.